The van der Waals surface area contributed by atoms with Gasteiger partial charge in [-0.3, -0.25) is 14.1 Å². The maximum atomic E-state index is 12.0. The summed E-state index contributed by atoms with van der Waals surface area (Å²) >= 11 is 1.44. The minimum Gasteiger partial charge on any atom is -0.371 e. The van der Waals surface area contributed by atoms with E-state index in [1.54, 1.807) is 12.3 Å². The maximum absolute atomic E-state index is 12.0. The van der Waals surface area contributed by atoms with Gasteiger partial charge in [0.1, 0.15) is 6.10 Å². The van der Waals surface area contributed by atoms with Crippen molar-refractivity contribution in [1.29, 1.82) is 0 Å². The summed E-state index contributed by atoms with van der Waals surface area (Å²) in [6.45, 7) is 5.39. The Hall–Kier alpha value is -2.10. The van der Waals surface area contributed by atoms with Crippen molar-refractivity contribution in [3.63, 3.8) is 0 Å². The molecule has 8 nitrogen and oxygen atoms in total. The summed E-state index contributed by atoms with van der Waals surface area (Å²) in [5, 5.41) is 5.78. The van der Waals surface area contributed by atoms with E-state index in [-0.39, 0.29) is 11.7 Å². The average Bonchev–Trinajstić information content (AvgIpc) is 3.16. The number of aromatic nitrogens is 4. The summed E-state index contributed by atoms with van der Waals surface area (Å²) in [6.07, 6.45) is 1.53. The van der Waals surface area contributed by atoms with Crippen LogP contribution in [0.25, 0.3) is 4.96 Å². The second-order valence-electron chi connectivity index (χ2n) is 5.46. The van der Waals surface area contributed by atoms with Crippen LogP contribution in [0.3, 0.4) is 0 Å². The first-order valence-electron chi connectivity index (χ1n) is 7.65. The predicted octanol–water partition coefficient (Wildman–Crippen LogP) is 1.87. The highest BCUT2D eigenvalue weighted by Crippen LogP contribution is 2.14. The van der Waals surface area contributed by atoms with Gasteiger partial charge in [-0.1, -0.05) is 5.16 Å². The van der Waals surface area contributed by atoms with E-state index in [0.717, 1.165) is 0 Å². The lowest BCUT2D eigenvalue weighted by atomic mass is 10.3. The molecule has 0 bridgehead atoms. The Balaban J connectivity index is 1.66. The molecule has 9 heteroatoms. The molecule has 3 aromatic heterocycles. The first kappa shape index (κ1) is 16.7. The van der Waals surface area contributed by atoms with Gasteiger partial charge in [-0.05, 0) is 20.9 Å². The summed E-state index contributed by atoms with van der Waals surface area (Å²) in [4.78, 5) is 23.5. The summed E-state index contributed by atoms with van der Waals surface area (Å²) < 4.78 is 12.2. The molecule has 0 spiro atoms. The van der Waals surface area contributed by atoms with Crippen molar-refractivity contribution in [2.75, 3.05) is 13.7 Å². The quantitative estimate of drug-likeness (QED) is 0.643. The van der Waals surface area contributed by atoms with E-state index in [1.807, 2.05) is 31.2 Å². The lowest BCUT2D eigenvalue weighted by Gasteiger charge is -2.13. The normalized spacial score (nSPS) is 13.0. The fourth-order valence-corrected chi connectivity index (χ4v) is 3.09. The SMILES string of the molecule is CCO[C@H](C)c1noc(CN(C)Cc2cc(=O)n3ccsc3n2)n1. The molecule has 0 aliphatic carbocycles. The van der Waals surface area contributed by atoms with Crippen LogP contribution in [0.5, 0.6) is 0 Å². The molecule has 3 rings (SSSR count). The number of hydrogen-bond acceptors (Lipinski definition) is 8. The van der Waals surface area contributed by atoms with E-state index in [0.29, 0.717) is 42.1 Å². The van der Waals surface area contributed by atoms with E-state index >= 15 is 0 Å². The third-order valence-electron chi connectivity index (χ3n) is 3.46. The molecule has 0 aliphatic rings. The average molecular weight is 349 g/mol. The lowest BCUT2D eigenvalue weighted by Crippen LogP contribution is -2.21. The van der Waals surface area contributed by atoms with Gasteiger partial charge >= 0.3 is 0 Å². The van der Waals surface area contributed by atoms with Crippen LogP contribution in [0.15, 0.2) is 27.0 Å². The van der Waals surface area contributed by atoms with Crippen molar-refractivity contribution >= 4 is 16.3 Å². The van der Waals surface area contributed by atoms with Gasteiger partial charge in [0, 0.05) is 30.8 Å². The topological polar surface area (TPSA) is 85.8 Å². The van der Waals surface area contributed by atoms with Crippen LogP contribution < -0.4 is 5.56 Å². The molecular weight excluding hydrogens is 330 g/mol. The molecule has 0 unspecified atom stereocenters. The minimum absolute atomic E-state index is 0.0738. The highest BCUT2D eigenvalue weighted by Gasteiger charge is 2.15. The van der Waals surface area contributed by atoms with Gasteiger partial charge in [-0.15, -0.1) is 11.3 Å². The molecule has 0 radical (unpaired) electrons. The molecule has 3 heterocycles. The summed E-state index contributed by atoms with van der Waals surface area (Å²) in [5.74, 6) is 1.05. The second-order valence-corrected chi connectivity index (χ2v) is 6.33. The van der Waals surface area contributed by atoms with Gasteiger partial charge in [0.05, 0.1) is 12.2 Å². The van der Waals surface area contributed by atoms with Crippen LogP contribution in [0.4, 0.5) is 0 Å². The highest BCUT2D eigenvalue weighted by atomic mass is 32.1. The molecule has 128 valence electrons. The Labute approximate surface area is 142 Å². The second kappa shape index (κ2) is 7.20. The Morgan fingerprint density at radius 3 is 3.04 bits per heavy atom. The van der Waals surface area contributed by atoms with Gasteiger partial charge < -0.3 is 9.26 Å². The number of hydrogen-bond donors (Lipinski definition) is 0. The number of ether oxygens (including phenoxy) is 1. The van der Waals surface area contributed by atoms with Crippen LogP contribution >= 0.6 is 11.3 Å². The molecule has 0 saturated heterocycles. The van der Waals surface area contributed by atoms with Gasteiger partial charge in [0.15, 0.2) is 10.8 Å². The largest absolute Gasteiger partial charge is 0.371 e. The van der Waals surface area contributed by atoms with Crippen LogP contribution in [-0.2, 0) is 17.8 Å². The Bertz CT molecular complexity index is 871. The zero-order valence-corrected chi connectivity index (χ0v) is 14.6. The third kappa shape index (κ3) is 3.69. The van der Waals surface area contributed by atoms with Crippen molar-refractivity contribution in [2.45, 2.75) is 33.0 Å². The number of nitrogens with zero attached hydrogens (tertiary/aromatic N) is 5. The molecule has 0 amide bonds. The molecule has 24 heavy (non-hydrogen) atoms. The number of thiazole rings is 1. The van der Waals surface area contributed by atoms with Crippen molar-refractivity contribution in [1.82, 2.24) is 24.4 Å². The van der Waals surface area contributed by atoms with Crippen molar-refractivity contribution in [2.24, 2.45) is 0 Å². The Morgan fingerprint density at radius 2 is 2.25 bits per heavy atom. The highest BCUT2D eigenvalue weighted by molar-refractivity contribution is 7.15. The fourth-order valence-electron chi connectivity index (χ4n) is 2.35. The predicted molar refractivity (Wildman–Crippen MR) is 88.8 cm³/mol. The third-order valence-corrected chi connectivity index (χ3v) is 4.21. The molecule has 0 aliphatic heterocycles. The fraction of sp³-hybridized carbons (Fsp3) is 0.467. The number of rotatable bonds is 7. The van der Waals surface area contributed by atoms with Gasteiger partial charge in [0.2, 0.25) is 5.89 Å². The molecule has 0 aromatic carbocycles. The van der Waals surface area contributed by atoms with Crippen molar-refractivity contribution in [3.05, 3.63) is 45.4 Å². The smallest absolute Gasteiger partial charge is 0.258 e. The van der Waals surface area contributed by atoms with Gasteiger partial charge in [-0.25, -0.2) is 4.98 Å². The molecule has 0 fully saturated rings. The standard InChI is InChI=1S/C15H19N5O3S/c1-4-22-10(2)14-17-12(23-18-14)9-19(3)8-11-7-13(21)20-5-6-24-15(20)16-11/h5-7,10H,4,8-9H2,1-3H3/t10-/m1/s1. The van der Waals surface area contributed by atoms with E-state index in [1.165, 1.54) is 15.7 Å². The molecule has 3 aromatic rings. The van der Waals surface area contributed by atoms with Crippen molar-refractivity contribution < 1.29 is 9.26 Å². The summed E-state index contributed by atoms with van der Waals surface area (Å²) in [5.41, 5.74) is 0.641. The first-order chi connectivity index (χ1) is 11.6. The first-order valence-corrected chi connectivity index (χ1v) is 8.53. The van der Waals surface area contributed by atoms with E-state index in [2.05, 4.69) is 15.1 Å². The van der Waals surface area contributed by atoms with Crippen molar-refractivity contribution in [3.8, 4) is 0 Å². The minimum atomic E-state index is -0.194. The number of fused-ring (bicyclic) bond motifs is 1. The van der Waals surface area contributed by atoms with Crippen LogP contribution in [-0.4, -0.2) is 38.1 Å². The molecule has 0 N–H and O–H groups in total. The summed E-state index contributed by atoms with van der Waals surface area (Å²) in [6, 6.07) is 1.55. The van der Waals surface area contributed by atoms with E-state index in [9.17, 15) is 4.79 Å². The monoisotopic (exact) mass is 349 g/mol. The van der Waals surface area contributed by atoms with E-state index < -0.39 is 0 Å². The van der Waals surface area contributed by atoms with Crippen LogP contribution in [0, 0.1) is 0 Å². The molecule has 1 atom stereocenters. The van der Waals surface area contributed by atoms with Gasteiger partial charge in [-0.2, -0.15) is 4.98 Å². The molecule has 0 saturated carbocycles. The maximum Gasteiger partial charge on any atom is 0.258 e. The Kier molecular flexibility index (Phi) is 5.03. The van der Waals surface area contributed by atoms with Crippen LogP contribution in [0.2, 0.25) is 0 Å². The zero-order valence-electron chi connectivity index (χ0n) is 13.8. The zero-order chi connectivity index (χ0) is 17.1. The summed E-state index contributed by atoms with van der Waals surface area (Å²) in [7, 11) is 1.91. The molecular formula is C15H19N5O3S. The Morgan fingerprint density at radius 1 is 1.42 bits per heavy atom. The van der Waals surface area contributed by atoms with Gasteiger partial charge in [0.25, 0.3) is 5.56 Å². The lowest BCUT2D eigenvalue weighted by molar-refractivity contribution is 0.0683. The van der Waals surface area contributed by atoms with E-state index in [4.69, 9.17) is 9.26 Å². The van der Waals surface area contributed by atoms with Crippen LogP contribution in [0.1, 0.15) is 37.4 Å².